The molecule has 1 heterocycles. The Balaban J connectivity index is 1.81. The van der Waals surface area contributed by atoms with Crippen molar-refractivity contribution < 1.29 is 4.42 Å². The Kier molecular flexibility index (Phi) is 6.66. The van der Waals surface area contributed by atoms with Crippen LogP contribution >= 0.6 is 0 Å². The van der Waals surface area contributed by atoms with E-state index in [1.165, 1.54) is 12.0 Å². The Hall–Kier alpha value is -2.30. The molecule has 0 aliphatic carbocycles. The molecule has 0 amide bonds. The molecule has 1 aromatic carbocycles. The molecule has 0 saturated carbocycles. The summed E-state index contributed by atoms with van der Waals surface area (Å²) in [7, 11) is 1.78. The minimum Gasteiger partial charge on any atom is -0.444 e. The molecule has 1 aromatic heterocycles. The van der Waals surface area contributed by atoms with Crippen LogP contribution in [0.4, 0.5) is 0 Å². The van der Waals surface area contributed by atoms with Crippen LogP contribution in [0.25, 0.3) is 11.5 Å². The van der Waals surface area contributed by atoms with Gasteiger partial charge in [-0.15, -0.1) is 0 Å². The second-order valence-electron chi connectivity index (χ2n) is 5.54. The maximum absolute atomic E-state index is 5.57. The van der Waals surface area contributed by atoms with Gasteiger partial charge in [-0.2, -0.15) is 0 Å². The van der Waals surface area contributed by atoms with Crippen LogP contribution in [0.2, 0.25) is 0 Å². The zero-order valence-electron chi connectivity index (χ0n) is 14.2. The van der Waals surface area contributed by atoms with E-state index in [2.05, 4.69) is 46.6 Å². The molecular formula is C18H26N4O. The predicted octanol–water partition coefficient (Wildman–Crippen LogP) is 3.16. The highest BCUT2D eigenvalue weighted by Gasteiger charge is 2.06. The van der Waals surface area contributed by atoms with E-state index >= 15 is 0 Å². The second kappa shape index (κ2) is 8.98. The molecule has 0 unspecified atom stereocenters. The monoisotopic (exact) mass is 314 g/mol. The maximum atomic E-state index is 5.57. The highest BCUT2D eigenvalue weighted by atomic mass is 16.3. The number of nitrogens with one attached hydrogen (secondary N) is 2. The number of nitrogens with zero attached hydrogens (tertiary/aromatic N) is 2. The topological polar surface area (TPSA) is 62.5 Å². The Morgan fingerprint density at radius 3 is 2.61 bits per heavy atom. The van der Waals surface area contributed by atoms with Crippen molar-refractivity contribution in [1.29, 1.82) is 0 Å². The van der Waals surface area contributed by atoms with Crippen molar-refractivity contribution in [1.82, 2.24) is 15.6 Å². The molecule has 0 radical (unpaired) electrons. The quantitative estimate of drug-likeness (QED) is 0.468. The van der Waals surface area contributed by atoms with Crippen molar-refractivity contribution >= 4 is 5.96 Å². The van der Waals surface area contributed by atoms with Crippen molar-refractivity contribution in [2.24, 2.45) is 4.99 Å². The van der Waals surface area contributed by atoms with E-state index in [1.54, 1.807) is 13.3 Å². The molecule has 0 bridgehead atoms. The van der Waals surface area contributed by atoms with Gasteiger partial charge in [-0.1, -0.05) is 31.0 Å². The number of unbranched alkanes of at least 4 members (excludes halogenated alkanes) is 1. The standard InChI is InChI=1S/C18H26N4O/c1-4-5-11-20-18(19-3)21-12-10-16-13-23-17(22-16)15-8-6-14(2)7-9-15/h6-9,13H,4-5,10-12H2,1-3H3,(H2,19,20,21). The SMILES string of the molecule is CCCCNC(=NC)NCCc1coc(-c2ccc(C)cc2)n1. The Bertz CT molecular complexity index is 616. The van der Waals surface area contributed by atoms with Crippen molar-refractivity contribution in [3.63, 3.8) is 0 Å². The van der Waals surface area contributed by atoms with Crippen LogP contribution in [0, 0.1) is 6.92 Å². The number of benzene rings is 1. The van der Waals surface area contributed by atoms with Gasteiger partial charge in [-0.05, 0) is 25.5 Å². The summed E-state index contributed by atoms with van der Waals surface area (Å²) in [5, 5.41) is 6.58. The van der Waals surface area contributed by atoms with Gasteiger partial charge in [0, 0.05) is 32.1 Å². The molecule has 5 nitrogen and oxygen atoms in total. The molecule has 2 N–H and O–H groups in total. The molecule has 2 rings (SSSR count). The first kappa shape index (κ1) is 17.1. The molecule has 0 spiro atoms. The zero-order chi connectivity index (χ0) is 16.5. The maximum Gasteiger partial charge on any atom is 0.226 e. The van der Waals surface area contributed by atoms with Crippen molar-refractivity contribution in [3.8, 4) is 11.5 Å². The highest BCUT2D eigenvalue weighted by molar-refractivity contribution is 5.79. The van der Waals surface area contributed by atoms with Crippen molar-refractivity contribution in [3.05, 3.63) is 41.8 Å². The number of aliphatic imine (C=N–C) groups is 1. The molecule has 23 heavy (non-hydrogen) atoms. The largest absolute Gasteiger partial charge is 0.444 e. The number of oxazole rings is 1. The van der Waals surface area contributed by atoms with Gasteiger partial charge in [0.05, 0.1) is 5.69 Å². The van der Waals surface area contributed by atoms with Crippen LogP contribution in [-0.2, 0) is 6.42 Å². The molecular weight excluding hydrogens is 288 g/mol. The van der Waals surface area contributed by atoms with Gasteiger partial charge in [0.15, 0.2) is 5.96 Å². The smallest absolute Gasteiger partial charge is 0.226 e. The number of guanidine groups is 1. The van der Waals surface area contributed by atoms with Crippen LogP contribution < -0.4 is 10.6 Å². The van der Waals surface area contributed by atoms with Crippen LogP contribution in [0.1, 0.15) is 31.0 Å². The lowest BCUT2D eigenvalue weighted by molar-refractivity contribution is 0.572. The number of rotatable bonds is 7. The molecule has 0 atom stereocenters. The van der Waals surface area contributed by atoms with E-state index < -0.39 is 0 Å². The first-order valence-corrected chi connectivity index (χ1v) is 8.19. The predicted molar refractivity (Wildman–Crippen MR) is 94.7 cm³/mol. The molecule has 0 saturated heterocycles. The molecule has 0 fully saturated rings. The lowest BCUT2D eigenvalue weighted by Gasteiger charge is -2.10. The third kappa shape index (κ3) is 5.43. The summed E-state index contributed by atoms with van der Waals surface area (Å²) in [6.07, 6.45) is 4.84. The number of hydrogen-bond donors (Lipinski definition) is 2. The summed E-state index contributed by atoms with van der Waals surface area (Å²) in [4.78, 5) is 8.74. The average molecular weight is 314 g/mol. The normalized spacial score (nSPS) is 11.5. The van der Waals surface area contributed by atoms with Gasteiger partial charge in [0.2, 0.25) is 5.89 Å². The fourth-order valence-corrected chi connectivity index (χ4v) is 2.16. The van der Waals surface area contributed by atoms with E-state index in [-0.39, 0.29) is 0 Å². The average Bonchev–Trinajstić information content (AvgIpc) is 3.03. The van der Waals surface area contributed by atoms with Crippen molar-refractivity contribution in [2.75, 3.05) is 20.1 Å². The molecule has 2 aromatic rings. The van der Waals surface area contributed by atoms with E-state index in [4.69, 9.17) is 4.42 Å². The minimum absolute atomic E-state index is 0.672. The summed E-state index contributed by atoms with van der Waals surface area (Å²) in [5.74, 6) is 1.51. The van der Waals surface area contributed by atoms with Gasteiger partial charge in [-0.25, -0.2) is 4.98 Å². The lowest BCUT2D eigenvalue weighted by atomic mass is 10.1. The first-order valence-electron chi connectivity index (χ1n) is 8.19. The third-order valence-electron chi connectivity index (χ3n) is 3.57. The molecule has 124 valence electrons. The van der Waals surface area contributed by atoms with Crippen LogP contribution in [0.3, 0.4) is 0 Å². The van der Waals surface area contributed by atoms with Crippen LogP contribution in [0.15, 0.2) is 39.9 Å². The lowest BCUT2D eigenvalue weighted by Crippen LogP contribution is -2.38. The number of aryl methyl sites for hydroxylation is 1. The second-order valence-corrected chi connectivity index (χ2v) is 5.54. The van der Waals surface area contributed by atoms with Crippen LogP contribution in [-0.4, -0.2) is 31.1 Å². The fraction of sp³-hybridized carbons (Fsp3) is 0.444. The Morgan fingerprint density at radius 2 is 1.91 bits per heavy atom. The summed E-state index contributed by atoms with van der Waals surface area (Å²) < 4.78 is 5.57. The molecule has 0 aliphatic heterocycles. The van der Waals surface area contributed by atoms with Crippen molar-refractivity contribution in [2.45, 2.75) is 33.1 Å². The zero-order valence-corrected chi connectivity index (χ0v) is 14.2. The summed E-state index contributed by atoms with van der Waals surface area (Å²) in [6.45, 7) is 5.95. The van der Waals surface area contributed by atoms with Gasteiger partial charge < -0.3 is 15.1 Å². The van der Waals surface area contributed by atoms with E-state index in [0.29, 0.717) is 5.89 Å². The van der Waals surface area contributed by atoms with Gasteiger partial charge in [0.25, 0.3) is 0 Å². The van der Waals surface area contributed by atoms with Gasteiger partial charge in [-0.3, -0.25) is 4.99 Å². The van der Waals surface area contributed by atoms with Gasteiger partial charge >= 0.3 is 0 Å². The summed E-state index contributed by atoms with van der Waals surface area (Å²) >= 11 is 0. The summed E-state index contributed by atoms with van der Waals surface area (Å²) in [5.41, 5.74) is 3.18. The minimum atomic E-state index is 0.672. The first-order chi connectivity index (χ1) is 11.2. The molecule has 5 heteroatoms. The fourth-order valence-electron chi connectivity index (χ4n) is 2.16. The van der Waals surface area contributed by atoms with Crippen LogP contribution in [0.5, 0.6) is 0 Å². The number of hydrogen-bond acceptors (Lipinski definition) is 3. The third-order valence-corrected chi connectivity index (χ3v) is 3.57. The number of aromatic nitrogens is 1. The van der Waals surface area contributed by atoms with E-state index in [9.17, 15) is 0 Å². The summed E-state index contributed by atoms with van der Waals surface area (Å²) in [6, 6.07) is 8.19. The Morgan fingerprint density at radius 1 is 1.17 bits per heavy atom. The van der Waals surface area contributed by atoms with E-state index in [0.717, 1.165) is 43.1 Å². The highest BCUT2D eigenvalue weighted by Crippen LogP contribution is 2.19. The Labute approximate surface area is 138 Å². The van der Waals surface area contributed by atoms with E-state index in [1.807, 2.05) is 12.1 Å². The molecule has 0 aliphatic rings. The van der Waals surface area contributed by atoms with Gasteiger partial charge in [0.1, 0.15) is 6.26 Å².